The van der Waals surface area contributed by atoms with E-state index in [2.05, 4.69) is 23.4 Å². The summed E-state index contributed by atoms with van der Waals surface area (Å²) in [5, 5.41) is 0.643. The van der Waals surface area contributed by atoms with E-state index in [1.807, 2.05) is 6.92 Å². The number of hydrogen-bond donors (Lipinski definition) is 0. The van der Waals surface area contributed by atoms with Crippen molar-refractivity contribution in [2.75, 3.05) is 0 Å². The third kappa shape index (κ3) is 2.32. The first kappa shape index (κ1) is 14.4. The van der Waals surface area contributed by atoms with Gasteiger partial charge in [0.25, 0.3) is 0 Å². The molecule has 2 nitrogen and oxygen atoms in total. The number of rotatable bonds is 1. The molecule has 114 valence electrons. The van der Waals surface area contributed by atoms with Crippen LogP contribution >= 0.6 is 0 Å². The highest BCUT2D eigenvalue weighted by Crippen LogP contribution is 2.36. The molecule has 1 aliphatic rings. The van der Waals surface area contributed by atoms with E-state index in [0.717, 1.165) is 36.8 Å². The van der Waals surface area contributed by atoms with Gasteiger partial charge in [-0.25, -0.2) is 4.98 Å². The van der Waals surface area contributed by atoms with Crippen molar-refractivity contribution in [1.29, 1.82) is 0 Å². The standard InChI is InChI=1S/C16H19F3N2/c1-9(2)11-4-5-21-14(6-11)10(3)13-7-12(16(17,18)19)8-20-15(13)21/h7-9,11H,4-6H2,1-3H3. The molecular weight excluding hydrogens is 277 g/mol. The fourth-order valence-corrected chi connectivity index (χ4v) is 3.31. The maximum Gasteiger partial charge on any atom is 0.417 e. The number of aromatic nitrogens is 2. The maximum absolute atomic E-state index is 12.9. The topological polar surface area (TPSA) is 17.8 Å². The lowest BCUT2D eigenvalue weighted by atomic mass is 9.85. The molecule has 1 atom stereocenters. The van der Waals surface area contributed by atoms with E-state index in [4.69, 9.17) is 0 Å². The Morgan fingerprint density at radius 2 is 2.05 bits per heavy atom. The Balaban J connectivity index is 2.13. The second-order valence-electron chi connectivity index (χ2n) is 6.31. The van der Waals surface area contributed by atoms with Crippen molar-refractivity contribution in [1.82, 2.24) is 9.55 Å². The molecule has 0 aliphatic carbocycles. The number of pyridine rings is 1. The molecule has 0 spiro atoms. The number of halogens is 3. The van der Waals surface area contributed by atoms with Crippen LogP contribution in [0, 0.1) is 18.8 Å². The molecule has 21 heavy (non-hydrogen) atoms. The van der Waals surface area contributed by atoms with E-state index in [0.29, 0.717) is 22.9 Å². The average molecular weight is 296 g/mol. The predicted octanol–water partition coefficient (Wildman–Crippen LogP) is 4.58. The van der Waals surface area contributed by atoms with Gasteiger partial charge < -0.3 is 4.57 Å². The molecule has 1 unspecified atom stereocenters. The van der Waals surface area contributed by atoms with Crippen LogP contribution in [0.4, 0.5) is 13.2 Å². The number of alkyl halides is 3. The highest BCUT2D eigenvalue weighted by atomic mass is 19.4. The zero-order chi connectivity index (χ0) is 15.4. The highest BCUT2D eigenvalue weighted by molar-refractivity contribution is 5.82. The summed E-state index contributed by atoms with van der Waals surface area (Å²) in [6.07, 6.45) is -1.39. The van der Waals surface area contributed by atoms with Crippen molar-refractivity contribution in [3.63, 3.8) is 0 Å². The van der Waals surface area contributed by atoms with Crippen LogP contribution in [0.5, 0.6) is 0 Å². The molecule has 0 saturated carbocycles. The minimum absolute atomic E-state index is 0.592. The summed E-state index contributed by atoms with van der Waals surface area (Å²) in [5.74, 6) is 1.19. The molecule has 2 aromatic rings. The normalized spacial score (nSPS) is 19.3. The lowest BCUT2D eigenvalue weighted by Gasteiger charge is -2.28. The number of fused-ring (bicyclic) bond motifs is 3. The van der Waals surface area contributed by atoms with Crippen LogP contribution in [0.3, 0.4) is 0 Å². The van der Waals surface area contributed by atoms with Gasteiger partial charge >= 0.3 is 6.18 Å². The Hall–Kier alpha value is -1.52. The zero-order valence-corrected chi connectivity index (χ0v) is 12.5. The van der Waals surface area contributed by atoms with Gasteiger partial charge in [-0.3, -0.25) is 0 Å². The number of nitrogens with zero attached hydrogens (tertiary/aromatic N) is 2. The van der Waals surface area contributed by atoms with Gasteiger partial charge in [0.15, 0.2) is 0 Å². The quantitative estimate of drug-likeness (QED) is 0.753. The van der Waals surface area contributed by atoms with Crippen LogP contribution in [0.15, 0.2) is 12.3 Å². The predicted molar refractivity (Wildman–Crippen MR) is 76.1 cm³/mol. The second-order valence-corrected chi connectivity index (χ2v) is 6.31. The molecule has 0 saturated heterocycles. The van der Waals surface area contributed by atoms with Crippen LogP contribution in [-0.4, -0.2) is 9.55 Å². The molecule has 1 aliphatic heterocycles. The summed E-state index contributed by atoms with van der Waals surface area (Å²) in [7, 11) is 0. The van der Waals surface area contributed by atoms with Gasteiger partial charge in [0.1, 0.15) is 5.65 Å². The van der Waals surface area contributed by atoms with Crippen LogP contribution in [0.1, 0.15) is 37.1 Å². The first-order valence-corrected chi connectivity index (χ1v) is 7.34. The zero-order valence-electron chi connectivity index (χ0n) is 12.5. The molecule has 0 aromatic carbocycles. The van der Waals surface area contributed by atoms with Crippen molar-refractivity contribution in [3.8, 4) is 0 Å². The Morgan fingerprint density at radius 3 is 2.67 bits per heavy atom. The molecule has 3 rings (SSSR count). The van der Waals surface area contributed by atoms with Gasteiger partial charge in [0.2, 0.25) is 0 Å². The van der Waals surface area contributed by atoms with Gasteiger partial charge in [0.05, 0.1) is 5.56 Å². The highest BCUT2D eigenvalue weighted by Gasteiger charge is 2.33. The Bertz CT molecular complexity index is 683. The van der Waals surface area contributed by atoms with E-state index in [-0.39, 0.29) is 0 Å². The summed E-state index contributed by atoms with van der Waals surface area (Å²) < 4.78 is 40.7. The van der Waals surface area contributed by atoms with Crippen molar-refractivity contribution in [2.24, 2.45) is 11.8 Å². The lowest BCUT2D eigenvalue weighted by molar-refractivity contribution is -0.137. The van der Waals surface area contributed by atoms with Gasteiger partial charge in [-0.1, -0.05) is 13.8 Å². The Morgan fingerprint density at radius 1 is 1.33 bits per heavy atom. The van der Waals surface area contributed by atoms with E-state index < -0.39 is 11.7 Å². The fraction of sp³-hybridized carbons (Fsp3) is 0.562. The van der Waals surface area contributed by atoms with Crippen LogP contribution in [0.2, 0.25) is 0 Å². The summed E-state index contributed by atoms with van der Waals surface area (Å²) in [6.45, 7) is 7.18. The van der Waals surface area contributed by atoms with Gasteiger partial charge in [-0.15, -0.1) is 0 Å². The molecule has 5 heteroatoms. The summed E-state index contributed by atoms with van der Waals surface area (Å²) >= 11 is 0. The first-order valence-electron chi connectivity index (χ1n) is 7.34. The molecule has 0 fully saturated rings. The third-order valence-corrected chi connectivity index (χ3v) is 4.73. The molecule has 0 amide bonds. The smallest absolute Gasteiger partial charge is 0.329 e. The SMILES string of the molecule is Cc1c2n(c3ncc(C(F)(F)F)cc13)CCC(C(C)C)C2. The first-order chi connectivity index (χ1) is 9.79. The summed E-state index contributed by atoms with van der Waals surface area (Å²) in [5.41, 5.74) is 2.13. The molecule has 0 bridgehead atoms. The Kier molecular flexibility index (Phi) is 3.26. The maximum atomic E-state index is 12.9. The monoisotopic (exact) mass is 296 g/mol. The minimum atomic E-state index is -4.34. The van der Waals surface area contributed by atoms with Gasteiger partial charge in [-0.05, 0) is 43.2 Å². The van der Waals surface area contributed by atoms with Crippen molar-refractivity contribution in [2.45, 2.75) is 46.3 Å². The largest absolute Gasteiger partial charge is 0.417 e. The molecule has 3 heterocycles. The number of aryl methyl sites for hydroxylation is 2. The molecule has 2 aromatic heterocycles. The van der Waals surface area contributed by atoms with E-state index >= 15 is 0 Å². The van der Waals surface area contributed by atoms with Crippen LogP contribution < -0.4 is 0 Å². The van der Waals surface area contributed by atoms with Crippen LogP contribution in [0.25, 0.3) is 11.0 Å². The fourth-order valence-electron chi connectivity index (χ4n) is 3.31. The van der Waals surface area contributed by atoms with E-state index in [1.165, 1.54) is 6.07 Å². The van der Waals surface area contributed by atoms with Gasteiger partial charge in [-0.2, -0.15) is 13.2 Å². The van der Waals surface area contributed by atoms with Crippen molar-refractivity contribution < 1.29 is 13.2 Å². The summed E-state index contributed by atoms with van der Waals surface area (Å²) in [6, 6.07) is 1.24. The third-order valence-electron chi connectivity index (χ3n) is 4.73. The van der Waals surface area contributed by atoms with Crippen molar-refractivity contribution >= 4 is 11.0 Å². The lowest BCUT2D eigenvalue weighted by Crippen LogP contribution is -2.23. The second kappa shape index (κ2) is 4.75. The average Bonchev–Trinajstić information content (AvgIpc) is 2.70. The van der Waals surface area contributed by atoms with Gasteiger partial charge in [0, 0.05) is 23.8 Å². The molecule has 0 radical (unpaired) electrons. The van der Waals surface area contributed by atoms with E-state index in [1.54, 1.807) is 0 Å². The van der Waals surface area contributed by atoms with Crippen LogP contribution in [-0.2, 0) is 19.1 Å². The summed E-state index contributed by atoms with van der Waals surface area (Å²) in [4.78, 5) is 4.09. The number of hydrogen-bond acceptors (Lipinski definition) is 1. The van der Waals surface area contributed by atoms with E-state index in [9.17, 15) is 13.2 Å². The minimum Gasteiger partial charge on any atom is -0.329 e. The van der Waals surface area contributed by atoms with Crippen molar-refractivity contribution in [3.05, 3.63) is 29.1 Å². The Labute approximate surface area is 122 Å². The molecular formula is C16H19F3N2. The molecule has 0 N–H and O–H groups in total.